The van der Waals surface area contributed by atoms with E-state index in [0.29, 0.717) is 24.2 Å². The van der Waals surface area contributed by atoms with Gasteiger partial charge >= 0.3 is 24.5 Å². The maximum Gasteiger partial charge on any atom is 0.407 e. The SMILES string of the molecule is COC(=O)NCC(=O)NCCCCc1ncc(-c2ccc3cc(-c4ccc(-c5cnc(C6CCCN6C(=O)C(NC(=O)OC)C(C(F)(F)F)C(F)(F)F)[nH]5)cc4)ccc3c2)[nH]1. The number of alkyl halides is 6. The van der Waals surface area contributed by atoms with E-state index in [4.69, 9.17) is 0 Å². The third kappa shape index (κ3) is 10.8. The number of nitrogens with one attached hydrogen (secondary N) is 5. The second-order valence-electron chi connectivity index (χ2n) is 14.3. The van der Waals surface area contributed by atoms with Gasteiger partial charge < -0.3 is 40.3 Å². The van der Waals surface area contributed by atoms with Crippen LogP contribution < -0.4 is 16.0 Å². The van der Waals surface area contributed by atoms with Gasteiger partial charge in [-0.05, 0) is 65.3 Å². The number of hydrogen-bond acceptors (Lipinski definition) is 8. The number of hydrogen-bond donors (Lipinski definition) is 5. The summed E-state index contributed by atoms with van der Waals surface area (Å²) in [4.78, 5) is 64.3. The Morgan fingerprint density at radius 2 is 1.38 bits per heavy atom. The summed E-state index contributed by atoms with van der Waals surface area (Å²) in [5, 5.41) is 8.55. The van der Waals surface area contributed by atoms with Gasteiger partial charge in [-0.3, -0.25) is 9.59 Å². The number of aromatic nitrogens is 4. The van der Waals surface area contributed by atoms with Gasteiger partial charge in [0, 0.05) is 25.1 Å². The van der Waals surface area contributed by atoms with Gasteiger partial charge in [0.2, 0.25) is 11.8 Å². The van der Waals surface area contributed by atoms with Crippen LogP contribution in [0.4, 0.5) is 35.9 Å². The van der Waals surface area contributed by atoms with Gasteiger partial charge in [-0.2, -0.15) is 26.3 Å². The summed E-state index contributed by atoms with van der Waals surface area (Å²) >= 11 is 0. The number of H-pyrrole nitrogens is 2. The van der Waals surface area contributed by atoms with E-state index >= 15 is 0 Å². The highest BCUT2D eigenvalue weighted by molar-refractivity contribution is 5.91. The number of nitrogens with zero attached hydrogens (tertiary/aromatic N) is 3. The molecule has 2 aromatic heterocycles. The van der Waals surface area contributed by atoms with Crippen LogP contribution in [0.15, 0.2) is 73.1 Å². The quantitative estimate of drug-likeness (QED) is 0.0574. The van der Waals surface area contributed by atoms with Crippen molar-refractivity contribution in [3.8, 4) is 33.6 Å². The van der Waals surface area contributed by atoms with Crippen molar-refractivity contribution in [2.24, 2.45) is 5.92 Å². The van der Waals surface area contributed by atoms with Crippen molar-refractivity contribution in [1.29, 1.82) is 0 Å². The minimum Gasteiger partial charge on any atom is -0.453 e. The van der Waals surface area contributed by atoms with Crippen LogP contribution in [0.25, 0.3) is 44.4 Å². The van der Waals surface area contributed by atoms with E-state index in [2.05, 4.69) is 52.2 Å². The van der Waals surface area contributed by atoms with Crippen LogP contribution in [-0.4, -0.2) is 101 Å². The molecule has 4 amide bonds. The van der Waals surface area contributed by atoms with Gasteiger partial charge in [0.25, 0.3) is 0 Å². The van der Waals surface area contributed by atoms with Gasteiger partial charge in [0.1, 0.15) is 17.7 Å². The zero-order chi connectivity index (χ0) is 43.9. The van der Waals surface area contributed by atoms with Crippen LogP contribution in [0.5, 0.6) is 0 Å². The van der Waals surface area contributed by atoms with E-state index in [1.54, 1.807) is 6.20 Å². The number of unbranched alkanes of at least 4 members (excludes halogenated alkanes) is 1. The van der Waals surface area contributed by atoms with Gasteiger partial charge in [0.15, 0.2) is 5.92 Å². The number of aromatic amines is 2. The zero-order valence-electron chi connectivity index (χ0n) is 32.9. The molecule has 0 bridgehead atoms. The molecule has 324 valence electrons. The highest BCUT2D eigenvalue weighted by Crippen LogP contribution is 2.43. The van der Waals surface area contributed by atoms with E-state index in [-0.39, 0.29) is 37.7 Å². The Labute approximate surface area is 344 Å². The highest BCUT2D eigenvalue weighted by Gasteiger charge is 2.63. The standard InChI is InChI=1S/C41H42F6N8O6/c1-60-38(58)51-22-33(56)48-16-4-3-7-32-49-20-30(52-32)28-15-14-26-18-25(12-13-27(26)19-28)23-8-10-24(11-9-23)29-21-50-36(53-29)31-6-5-17-55(31)37(57)34(54-39(59)61-2)35(40(42,43)44)41(45,46)47/h8-15,18-21,31,34-35H,3-7,16-17,22H2,1-2H3,(H,48,56)(H,49,52)(H,50,53)(H,51,58)(H,54,59). The van der Waals surface area contributed by atoms with Gasteiger partial charge in [-0.15, -0.1) is 0 Å². The minimum atomic E-state index is -5.90. The van der Waals surface area contributed by atoms with Crippen LogP contribution in [0, 0.1) is 5.92 Å². The lowest BCUT2D eigenvalue weighted by atomic mass is 9.96. The van der Waals surface area contributed by atoms with E-state index in [0.717, 1.165) is 63.8 Å². The third-order valence-corrected chi connectivity index (χ3v) is 10.3. The van der Waals surface area contributed by atoms with Crippen molar-refractivity contribution >= 4 is 34.8 Å². The maximum atomic E-state index is 13.7. The van der Waals surface area contributed by atoms with Crippen molar-refractivity contribution in [2.75, 3.05) is 33.9 Å². The Morgan fingerprint density at radius 1 is 0.770 bits per heavy atom. The summed E-state index contributed by atoms with van der Waals surface area (Å²) in [6, 6.07) is 15.6. The number of aryl methyl sites for hydroxylation is 1. The number of amides is 4. The Bertz CT molecular complexity index is 2330. The molecule has 1 aliphatic heterocycles. The molecule has 0 aliphatic carbocycles. The Hall–Kier alpha value is -6.60. The van der Waals surface area contributed by atoms with Crippen molar-refractivity contribution in [2.45, 2.75) is 56.5 Å². The van der Waals surface area contributed by atoms with Gasteiger partial charge in [0.05, 0.1) is 50.6 Å². The number of carbonyl (C=O) groups is 4. The number of carbonyl (C=O) groups excluding carboxylic acids is 4. The summed E-state index contributed by atoms with van der Waals surface area (Å²) in [6.07, 6.45) is -8.14. The second-order valence-corrected chi connectivity index (χ2v) is 14.3. The molecule has 0 spiro atoms. The molecule has 1 saturated heterocycles. The number of ether oxygens (including phenoxy) is 2. The first-order valence-corrected chi connectivity index (χ1v) is 19.2. The van der Waals surface area contributed by atoms with Crippen LogP contribution in [0.3, 0.4) is 0 Å². The van der Waals surface area contributed by atoms with E-state index in [9.17, 15) is 45.5 Å². The number of methoxy groups -OCH3 is 2. The predicted octanol–water partition coefficient (Wildman–Crippen LogP) is 7.21. The molecule has 20 heteroatoms. The molecule has 0 saturated carbocycles. The average Bonchev–Trinajstić information content (AvgIpc) is 4.03. The van der Waals surface area contributed by atoms with Crippen LogP contribution in [0.1, 0.15) is 43.4 Å². The lowest BCUT2D eigenvalue weighted by Gasteiger charge is -2.34. The van der Waals surface area contributed by atoms with Gasteiger partial charge in [-0.25, -0.2) is 19.6 Å². The van der Waals surface area contributed by atoms with Crippen LogP contribution in [0.2, 0.25) is 0 Å². The Morgan fingerprint density at radius 3 is 2.05 bits per heavy atom. The molecule has 1 aliphatic rings. The third-order valence-electron chi connectivity index (χ3n) is 10.3. The number of imidazole rings is 2. The second kappa shape index (κ2) is 18.8. The lowest BCUT2D eigenvalue weighted by Crippen LogP contribution is -2.59. The summed E-state index contributed by atoms with van der Waals surface area (Å²) in [7, 11) is 1.98. The fourth-order valence-electron chi connectivity index (χ4n) is 7.19. The van der Waals surface area contributed by atoms with Crippen molar-refractivity contribution < 1.29 is 55.0 Å². The summed E-state index contributed by atoms with van der Waals surface area (Å²) in [5.74, 6) is -5.04. The van der Waals surface area contributed by atoms with Crippen molar-refractivity contribution in [3.63, 3.8) is 0 Å². The topological polar surface area (TPSA) is 183 Å². The van der Waals surface area contributed by atoms with Crippen LogP contribution >= 0.6 is 0 Å². The van der Waals surface area contributed by atoms with Crippen molar-refractivity contribution in [3.05, 3.63) is 84.7 Å². The first-order valence-electron chi connectivity index (χ1n) is 19.2. The average molecular weight is 857 g/mol. The van der Waals surface area contributed by atoms with Crippen LogP contribution in [-0.2, 0) is 25.5 Å². The molecular weight excluding hydrogens is 814 g/mol. The molecule has 5 N–H and O–H groups in total. The monoisotopic (exact) mass is 856 g/mol. The Balaban J connectivity index is 1.08. The summed E-state index contributed by atoms with van der Waals surface area (Å²) < 4.78 is 91.1. The minimum absolute atomic E-state index is 0.153. The summed E-state index contributed by atoms with van der Waals surface area (Å²) in [6.45, 7) is 0.154. The van der Waals surface area contributed by atoms with E-state index in [1.165, 1.54) is 18.6 Å². The molecule has 3 heterocycles. The smallest absolute Gasteiger partial charge is 0.407 e. The molecule has 2 unspecified atom stereocenters. The molecule has 61 heavy (non-hydrogen) atoms. The lowest BCUT2D eigenvalue weighted by molar-refractivity contribution is -0.290. The first kappa shape index (κ1) is 44.0. The fraction of sp³-hybridized carbons (Fsp3) is 0.366. The molecule has 3 aromatic carbocycles. The fourth-order valence-corrected chi connectivity index (χ4v) is 7.19. The molecule has 5 aromatic rings. The molecule has 2 atom stereocenters. The van der Waals surface area contributed by atoms with Crippen molar-refractivity contribution in [1.82, 2.24) is 40.8 Å². The molecule has 14 nitrogen and oxygen atoms in total. The number of fused-ring (bicyclic) bond motifs is 1. The molecule has 1 fully saturated rings. The Kier molecular flexibility index (Phi) is 13.5. The normalized spacial score (nSPS) is 14.8. The first-order chi connectivity index (χ1) is 29.0. The van der Waals surface area contributed by atoms with E-state index < -0.39 is 48.4 Å². The molecular formula is C41H42F6N8O6. The number of alkyl carbamates (subject to hydrolysis) is 2. The zero-order valence-corrected chi connectivity index (χ0v) is 32.9. The predicted molar refractivity (Wildman–Crippen MR) is 210 cm³/mol. The molecule has 0 radical (unpaired) electrons. The summed E-state index contributed by atoms with van der Waals surface area (Å²) in [5.41, 5.74) is 4.89. The molecule has 6 rings (SSSR count). The van der Waals surface area contributed by atoms with E-state index in [1.807, 2.05) is 48.5 Å². The number of likely N-dealkylation sites (tertiary alicyclic amines) is 1. The maximum absolute atomic E-state index is 13.7. The largest absolute Gasteiger partial charge is 0.453 e. The van der Waals surface area contributed by atoms with Gasteiger partial charge in [-0.1, -0.05) is 48.5 Å². The number of benzene rings is 3. The number of halogens is 6. The number of rotatable bonds is 14. The highest BCUT2D eigenvalue weighted by atomic mass is 19.4.